The van der Waals surface area contributed by atoms with Crippen molar-refractivity contribution in [1.29, 1.82) is 0 Å². The fraction of sp³-hybridized carbons (Fsp3) is 0.261. The number of nitrogens with two attached hydrogens (primary N) is 1. The molecular weight excluding hydrogens is 414 g/mol. The first kappa shape index (κ1) is 22.4. The number of benzene rings is 2. The van der Waals surface area contributed by atoms with Crippen LogP contribution in [-0.2, 0) is 9.59 Å². The molecule has 2 aromatic carbocycles. The first-order chi connectivity index (χ1) is 14.9. The molecule has 0 unspecified atom stereocenters. The van der Waals surface area contributed by atoms with E-state index >= 15 is 0 Å². The Morgan fingerprint density at radius 2 is 1.87 bits per heavy atom. The van der Waals surface area contributed by atoms with E-state index in [0.717, 1.165) is 16.8 Å². The highest BCUT2D eigenvalue weighted by atomic mass is 32.2. The lowest BCUT2D eigenvalue weighted by Crippen LogP contribution is -2.28. The standard InChI is InChI=1S/C23H25N3O4S/c1-4-26-22(28)20(31-23(26)25-17-9-6-15(3)7-10-17)13-16-8-11-18(30-14-21(24)27)19(12-16)29-5-2/h6-13H,4-5,14H2,1-3H3,(H2,24,27)/b20-13+,25-23?. The minimum Gasteiger partial charge on any atom is -0.490 e. The Labute approximate surface area is 185 Å². The Morgan fingerprint density at radius 3 is 2.52 bits per heavy atom. The van der Waals surface area contributed by atoms with Gasteiger partial charge in [-0.2, -0.15) is 0 Å². The molecule has 2 N–H and O–H groups in total. The Balaban J connectivity index is 1.88. The number of carbonyl (C=O) groups excluding carboxylic acids is 2. The minimum absolute atomic E-state index is 0.0922. The van der Waals surface area contributed by atoms with Gasteiger partial charge in [-0.15, -0.1) is 0 Å². The summed E-state index contributed by atoms with van der Waals surface area (Å²) in [7, 11) is 0. The molecule has 8 heteroatoms. The lowest BCUT2D eigenvalue weighted by Gasteiger charge is -2.12. The number of nitrogens with zero attached hydrogens (tertiary/aromatic N) is 2. The van der Waals surface area contributed by atoms with Gasteiger partial charge in [0.25, 0.3) is 11.8 Å². The van der Waals surface area contributed by atoms with E-state index in [0.29, 0.717) is 34.7 Å². The van der Waals surface area contributed by atoms with Gasteiger partial charge in [0.05, 0.1) is 17.2 Å². The minimum atomic E-state index is -0.568. The largest absolute Gasteiger partial charge is 0.490 e. The fourth-order valence-electron chi connectivity index (χ4n) is 2.90. The van der Waals surface area contributed by atoms with Gasteiger partial charge in [0.15, 0.2) is 23.3 Å². The van der Waals surface area contributed by atoms with Gasteiger partial charge in [0.2, 0.25) is 0 Å². The molecule has 2 aromatic rings. The SMILES string of the molecule is CCOc1cc(/C=C2/SC(=Nc3ccc(C)cc3)N(CC)C2=O)ccc1OCC(N)=O. The molecule has 0 aromatic heterocycles. The van der Waals surface area contributed by atoms with Crippen LogP contribution in [0.4, 0.5) is 5.69 Å². The lowest BCUT2D eigenvalue weighted by molar-refractivity contribution is -0.122. The average molecular weight is 440 g/mol. The van der Waals surface area contributed by atoms with Crippen LogP contribution < -0.4 is 15.2 Å². The number of aliphatic imine (C=N–C) groups is 1. The van der Waals surface area contributed by atoms with Crippen molar-refractivity contribution in [3.63, 3.8) is 0 Å². The number of primary amides is 1. The molecule has 1 fully saturated rings. The second-order valence-corrected chi connectivity index (χ2v) is 7.79. The molecule has 7 nitrogen and oxygen atoms in total. The molecular formula is C23H25N3O4S. The molecule has 31 heavy (non-hydrogen) atoms. The maximum Gasteiger partial charge on any atom is 0.266 e. The molecule has 1 heterocycles. The molecule has 1 aliphatic rings. The predicted molar refractivity (Wildman–Crippen MR) is 124 cm³/mol. The van der Waals surface area contributed by atoms with Crippen LogP contribution in [0.2, 0.25) is 0 Å². The van der Waals surface area contributed by atoms with Crippen molar-refractivity contribution in [1.82, 2.24) is 4.90 Å². The zero-order chi connectivity index (χ0) is 22.4. The summed E-state index contributed by atoms with van der Waals surface area (Å²) in [6.07, 6.45) is 1.80. The second kappa shape index (κ2) is 10.2. The summed E-state index contributed by atoms with van der Waals surface area (Å²) in [5.74, 6) is 0.242. The normalized spacial score (nSPS) is 16.2. The highest BCUT2D eigenvalue weighted by Crippen LogP contribution is 2.35. The average Bonchev–Trinajstić information content (AvgIpc) is 3.03. The third-order valence-electron chi connectivity index (χ3n) is 4.40. The van der Waals surface area contributed by atoms with Crippen molar-refractivity contribution in [2.75, 3.05) is 19.8 Å². The number of thioether (sulfide) groups is 1. The van der Waals surface area contributed by atoms with Gasteiger partial charge >= 0.3 is 0 Å². The van der Waals surface area contributed by atoms with Crippen LogP contribution in [0, 0.1) is 6.92 Å². The highest BCUT2D eigenvalue weighted by molar-refractivity contribution is 8.18. The highest BCUT2D eigenvalue weighted by Gasteiger charge is 2.32. The zero-order valence-electron chi connectivity index (χ0n) is 17.8. The third-order valence-corrected chi connectivity index (χ3v) is 5.40. The quantitative estimate of drug-likeness (QED) is 0.630. The molecule has 0 radical (unpaired) electrons. The van der Waals surface area contributed by atoms with Crippen molar-refractivity contribution in [2.45, 2.75) is 20.8 Å². The molecule has 0 bridgehead atoms. The van der Waals surface area contributed by atoms with Crippen molar-refractivity contribution in [3.05, 3.63) is 58.5 Å². The number of carbonyl (C=O) groups is 2. The van der Waals surface area contributed by atoms with Gasteiger partial charge in [-0.25, -0.2) is 4.99 Å². The molecule has 0 aliphatic carbocycles. The number of amidine groups is 1. The van der Waals surface area contributed by atoms with E-state index in [2.05, 4.69) is 4.99 Å². The third kappa shape index (κ3) is 5.67. The van der Waals surface area contributed by atoms with Crippen LogP contribution >= 0.6 is 11.8 Å². The van der Waals surface area contributed by atoms with Crippen molar-refractivity contribution >= 4 is 40.5 Å². The second-order valence-electron chi connectivity index (χ2n) is 6.78. The topological polar surface area (TPSA) is 94.2 Å². The number of hydrogen-bond donors (Lipinski definition) is 1. The zero-order valence-corrected chi connectivity index (χ0v) is 18.6. The molecule has 0 saturated carbocycles. The number of likely N-dealkylation sites (N-methyl/N-ethyl adjacent to an activating group) is 1. The summed E-state index contributed by atoms with van der Waals surface area (Å²) >= 11 is 1.34. The summed E-state index contributed by atoms with van der Waals surface area (Å²) < 4.78 is 11.0. The molecule has 1 saturated heterocycles. The molecule has 2 amide bonds. The summed E-state index contributed by atoms with van der Waals surface area (Å²) in [5, 5.41) is 0.647. The Bertz CT molecular complexity index is 1030. The first-order valence-corrected chi connectivity index (χ1v) is 10.8. The van der Waals surface area contributed by atoms with Crippen LogP contribution in [0.15, 0.2) is 52.4 Å². The monoisotopic (exact) mass is 439 g/mol. The van der Waals surface area contributed by atoms with Gasteiger partial charge < -0.3 is 15.2 Å². The van der Waals surface area contributed by atoms with E-state index in [1.54, 1.807) is 29.2 Å². The van der Waals surface area contributed by atoms with E-state index < -0.39 is 5.91 Å². The fourth-order valence-corrected chi connectivity index (χ4v) is 3.96. The van der Waals surface area contributed by atoms with Crippen LogP contribution in [0.3, 0.4) is 0 Å². The van der Waals surface area contributed by atoms with Crippen molar-refractivity contribution < 1.29 is 19.1 Å². The molecule has 3 rings (SSSR count). The number of hydrogen-bond acceptors (Lipinski definition) is 6. The van der Waals surface area contributed by atoms with Crippen LogP contribution in [0.25, 0.3) is 6.08 Å². The number of ether oxygens (including phenoxy) is 2. The summed E-state index contributed by atoms with van der Waals surface area (Å²) in [5.41, 5.74) is 7.88. The predicted octanol–water partition coefficient (Wildman–Crippen LogP) is 3.88. The number of rotatable bonds is 8. The van der Waals surface area contributed by atoms with Gasteiger partial charge in [-0.1, -0.05) is 23.8 Å². The molecule has 0 atom stereocenters. The van der Waals surface area contributed by atoms with Crippen molar-refractivity contribution in [2.24, 2.45) is 10.7 Å². The van der Waals surface area contributed by atoms with E-state index in [1.807, 2.05) is 45.0 Å². The van der Waals surface area contributed by atoms with Crippen molar-refractivity contribution in [3.8, 4) is 11.5 Å². The van der Waals surface area contributed by atoms with Gasteiger partial charge in [-0.3, -0.25) is 14.5 Å². The first-order valence-electron chi connectivity index (χ1n) is 9.96. The van der Waals surface area contributed by atoms with E-state index in [1.165, 1.54) is 11.8 Å². The Morgan fingerprint density at radius 1 is 1.13 bits per heavy atom. The van der Waals surface area contributed by atoms with E-state index in [9.17, 15) is 9.59 Å². The smallest absolute Gasteiger partial charge is 0.266 e. The van der Waals surface area contributed by atoms with Crippen LogP contribution in [-0.4, -0.2) is 41.6 Å². The van der Waals surface area contributed by atoms with Gasteiger partial charge in [-0.05, 0) is 68.4 Å². The maximum absolute atomic E-state index is 12.9. The van der Waals surface area contributed by atoms with Gasteiger partial charge in [0, 0.05) is 6.54 Å². The summed E-state index contributed by atoms with van der Waals surface area (Å²) in [6, 6.07) is 13.1. The summed E-state index contributed by atoms with van der Waals surface area (Å²) in [4.78, 5) is 30.8. The molecule has 162 valence electrons. The Hall–Kier alpha value is -3.26. The summed E-state index contributed by atoms with van der Waals surface area (Å²) in [6.45, 7) is 6.51. The number of aryl methyl sites for hydroxylation is 1. The lowest BCUT2D eigenvalue weighted by atomic mass is 10.2. The van der Waals surface area contributed by atoms with Gasteiger partial charge in [0.1, 0.15) is 0 Å². The molecule has 0 spiro atoms. The maximum atomic E-state index is 12.9. The van der Waals surface area contributed by atoms with E-state index in [-0.39, 0.29) is 12.5 Å². The molecule has 1 aliphatic heterocycles. The van der Waals surface area contributed by atoms with Crippen LogP contribution in [0.1, 0.15) is 25.0 Å². The Kier molecular flexibility index (Phi) is 7.36. The van der Waals surface area contributed by atoms with Crippen LogP contribution in [0.5, 0.6) is 11.5 Å². The van der Waals surface area contributed by atoms with E-state index in [4.69, 9.17) is 15.2 Å². The number of amides is 2.